The van der Waals surface area contributed by atoms with Gasteiger partial charge in [0.05, 0.1) is 0 Å². The zero-order chi connectivity index (χ0) is 8.97. The van der Waals surface area contributed by atoms with Gasteiger partial charge in [0.2, 0.25) is 0 Å². The molecule has 0 saturated carbocycles. The molecule has 0 aliphatic carbocycles. The topological polar surface area (TPSA) is 89.4 Å². The number of nitrogens with two attached hydrogens (primary N) is 1. The van der Waals surface area contributed by atoms with E-state index in [9.17, 15) is 4.79 Å². The van der Waals surface area contributed by atoms with Gasteiger partial charge in [0.25, 0.3) is 0 Å². The predicted molar refractivity (Wildman–Crippen MR) is 41.3 cm³/mol. The summed E-state index contributed by atoms with van der Waals surface area (Å²) in [5.41, 5.74) is 0. The average molecular weight is 168 g/mol. The van der Waals surface area contributed by atoms with E-state index in [4.69, 9.17) is 5.84 Å². The van der Waals surface area contributed by atoms with Gasteiger partial charge in [-0.15, -0.1) is 0 Å². The maximum Gasteiger partial charge on any atom is 0.365 e. The maximum absolute atomic E-state index is 11.2. The van der Waals surface area contributed by atoms with Gasteiger partial charge in [0.15, 0.2) is 0 Å². The summed E-state index contributed by atoms with van der Waals surface area (Å²) in [6.07, 6.45) is 3.69. The molecule has 1 rings (SSSR count). The largest absolute Gasteiger partial charge is 0.365 e. The number of rotatable bonds is 1. The molecule has 1 aromatic rings. The second-order valence-electron chi connectivity index (χ2n) is 1.90. The molecule has 7 heteroatoms. The molecular formula is C5H8N6O. The molecule has 0 fully saturated rings. The fourth-order valence-corrected chi connectivity index (χ4v) is 0.599. The van der Waals surface area contributed by atoms with E-state index in [1.165, 1.54) is 26.0 Å². The number of hydrogen-bond acceptors (Lipinski definition) is 5. The van der Waals surface area contributed by atoms with Gasteiger partial charge in [-0.25, -0.2) is 20.6 Å². The lowest BCUT2D eigenvalue weighted by Crippen LogP contribution is -2.39. The molecule has 7 nitrogen and oxygen atoms in total. The lowest BCUT2D eigenvalue weighted by molar-refractivity contribution is 0.221. The number of nitrogens with zero attached hydrogens (tertiary/aromatic N) is 5. The summed E-state index contributed by atoms with van der Waals surface area (Å²) in [6, 6.07) is -0.516. The van der Waals surface area contributed by atoms with E-state index >= 15 is 0 Å². The van der Waals surface area contributed by atoms with E-state index in [-0.39, 0.29) is 0 Å². The molecule has 1 amide bonds. The molecule has 1 heterocycles. The third kappa shape index (κ3) is 1.64. The van der Waals surface area contributed by atoms with Crippen LogP contribution in [0.5, 0.6) is 0 Å². The number of hydrogen-bond donors (Lipinski definition) is 1. The number of aromatic nitrogens is 3. The van der Waals surface area contributed by atoms with Gasteiger partial charge in [-0.2, -0.15) is 9.78 Å². The van der Waals surface area contributed by atoms with Crippen molar-refractivity contribution in [1.29, 1.82) is 0 Å². The van der Waals surface area contributed by atoms with Crippen LogP contribution in [-0.4, -0.2) is 39.2 Å². The average Bonchev–Trinajstić information content (AvgIpc) is 2.55. The van der Waals surface area contributed by atoms with Crippen LogP contribution in [0.25, 0.3) is 0 Å². The summed E-state index contributed by atoms with van der Waals surface area (Å²) in [6.45, 7) is 0. The smallest absolute Gasteiger partial charge is 0.277 e. The minimum atomic E-state index is -0.516. The molecule has 0 bridgehead atoms. The summed E-state index contributed by atoms with van der Waals surface area (Å²) < 4.78 is 1.00. The van der Waals surface area contributed by atoms with Crippen LogP contribution in [0.15, 0.2) is 17.6 Å². The Kier molecular flexibility index (Phi) is 2.49. The van der Waals surface area contributed by atoms with Gasteiger partial charge in [0, 0.05) is 7.05 Å². The third-order valence-electron chi connectivity index (χ3n) is 1.08. The van der Waals surface area contributed by atoms with Gasteiger partial charge in [-0.1, -0.05) is 0 Å². The highest BCUT2D eigenvalue weighted by molar-refractivity contribution is 5.86. The van der Waals surface area contributed by atoms with Crippen LogP contribution >= 0.6 is 0 Å². The van der Waals surface area contributed by atoms with E-state index in [0.717, 1.165) is 9.69 Å². The Bertz CT molecular complexity index is 278. The molecule has 1 aromatic heterocycles. The molecule has 64 valence electrons. The lowest BCUT2D eigenvalue weighted by Gasteiger charge is -2.07. The number of carbonyl (C=O) groups excluding carboxylic acids is 1. The lowest BCUT2D eigenvalue weighted by atomic mass is 10.9. The number of aliphatic imine (C=N–C) groups is 1. The minimum Gasteiger partial charge on any atom is -0.277 e. The number of hydrazine groups is 1. The number of carbonyl (C=O) groups is 1. The Morgan fingerprint density at radius 2 is 2.58 bits per heavy atom. The molecule has 0 aliphatic rings. The van der Waals surface area contributed by atoms with Crippen LogP contribution in [-0.2, 0) is 0 Å². The van der Waals surface area contributed by atoms with Gasteiger partial charge in [-0.3, -0.25) is 4.99 Å². The zero-order valence-corrected chi connectivity index (χ0v) is 6.45. The Hall–Kier alpha value is -1.76. The van der Waals surface area contributed by atoms with Crippen LogP contribution in [0.4, 0.5) is 4.79 Å². The van der Waals surface area contributed by atoms with Crippen molar-refractivity contribution in [3.63, 3.8) is 0 Å². The first-order chi connectivity index (χ1) is 5.75. The van der Waals surface area contributed by atoms with Crippen molar-refractivity contribution >= 4 is 12.4 Å². The number of amides is 1. The van der Waals surface area contributed by atoms with E-state index in [1.54, 1.807) is 0 Å². The molecule has 0 saturated heterocycles. The Morgan fingerprint density at radius 3 is 3.08 bits per heavy atom. The fraction of sp³-hybridized carbons (Fsp3) is 0.200. The second-order valence-corrected chi connectivity index (χ2v) is 1.90. The van der Waals surface area contributed by atoms with E-state index < -0.39 is 6.03 Å². The second kappa shape index (κ2) is 3.58. The Labute approximate surface area is 68.5 Å². The third-order valence-corrected chi connectivity index (χ3v) is 1.08. The van der Waals surface area contributed by atoms with E-state index in [2.05, 4.69) is 15.1 Å². The van der Waals surface area contributed by atoms with E-state index in [0.29, 0.717) is 0 Å². The first-order valence-electron chi connectivity index (χ1n) is 3.11. The highest BCUT2D eigenvalue weighted by atomic mass is 16.2. The van der Waals surface area contributed by atoms with Crippen LogP contribution in [0.1, 0.15) is 0 Å². The normalized spacial score (nSPS) is 10.5. The molecule has 0 aromatic carbocycles. The van der Waals surface area contributed by atoms with Crippen molar-refractivity contribution in [2.75, 3.05) is 7.05 Å². The van der Waals surface area contributed by atoms with Crippen molar-refractivity contribution < 1.29 is 4.79 Å². The Morgan fingerprint density at radius 1 is 1.83 bits per heavy atom. The summed E-state index contributed by atoms with van der Waals surface area (Å²) in [5, 5.41) is 4.41. The van der Waals surface area contributed by atoms with Crippen molar-refractivity contribution in [2.24, 2.45) is 10.8 Å². The van der Waals surface area contributed by atoms with Gasteiger partial charge in [0.1, 0.15) is 19.0 Å². The van der Waals surface area contributed by atoms with E-state index in [1.807, 2.05) is 0 Å². The monoisotopic (exact) mass is 168 g/mol. The molecule has 0 atom stereocenters. The fourth-order valence-electron chi connectivity index (χ4n) is 0.599. The summed E-state index contributed by atoms with van der Waals surface area (Å²) in [7, 11) is 1.51. The summed E-state index contributed by atoms with van der Waals surface area (Å²) >= 11 is 0. The van der Waals surface area contributed by atoms with Crippen LogP contribution in [0, 0.1) is 0 Å². The van der Waals surface area contributed by atoms with Crippen LogP contribution in [0.3, 0.4) is 0 Å². The first-order valence-corrected chi connectivity index (χ1v) is 3.11. The molecule has 2 N–H and O–H groups in total. The summed E-state index contributed by atoms with van der Waals surface area (Å²) in [4.78, 5) is 18.3. The zero-order valence-electron chi connectivity index (χ0n) is 6.45. The molecule has 0 aliphatic heterocycles. The highest BCUT2D eigenvalue weighted by Crippen LogP contribution is 1.84. The quantitative estimate of drug-likeness (QED) is 0.193. The maximum atomic E-state index is 11.2. The van der Waals surface area contributed by atoms with Crippen molar-refractivity contribution in [3.05, 3.63) is 12.7 Å². The van der Waals surface area contributed by atoms with Gasteiger partial charge >= 0.3 is 6.03 Å². The first kappa shape index (κ1) is 8.34. The minimum absolute atomic E-state index is 0.516. The highest BCUT2D eigenvalue weighted by Gasteiger charge is 2.08. The molecule has 12 heavy (non-hydrogen) atoms. The Balaban J connectivity index is 2.72. The predicted octanol–water partition coefficient (Wildman–Crippen LogP) is -0.920. The van der Waals surface area contributed by atoms with Crippen LogP contribution < -0.4 is 5.84 Å². The molecule has 0 unspecified atom stereocenters. The molecular weight excluding hydrogens is 160 g/mol. The SMILES string of the molecule is CN=CN(N)C(=O)n1cncn1. The van der Waals surface area contributed by atoms with Crippen molar-refractivity contribution in [1.82, 2.24) is 19.8 Å². The van der Waals surface area contributed by atoms with Crippen molar-refractivity contribution in [3.8, 4) is 0 Å². The van der Waals surface area contributed by atoms with Gasteiger partial charge < -0.3 is 0 Å². The van der Waals surface area contributed by atoms with Crippen LogP contribution in [0.2, 0.25) is 0 Å². The summed E-state index contributed by atoms with van der Waals surface area (Å²) in [5.74, 6) is 5.26. The van der Waals surface area contributed by atoms with Crippen molar-refractivity contribution in [2.45, 2.75) is 0 Å². The van der Waals surface area contributed by atoms with Gasteiger partial charge in [-0.05, 0) is 0 Å². The standard InChI is InChI=1S/C5H8N6O/c1-7-3-10(6)5(12)11-4-8-2-9-11/h2-4H,6H2,1H3. The molecule has 0 spiro atoms. The molecule has 0 radical (unpaired) electrons.